The van der Waals surface area contributed by atoms with Crippen LogP contribution in [-0.2, 0) is 9.62 Å². The molecule has 0 radical (unpaired) electrons. The molecule has 2 aliphatic carbocycles. The Morgan fingerprint density at radius 1 is 1.03 bits per heavy atom. The molecule has 3 aliphatic rings. The summed E-state index contributed by atoms with van der Waals surface area (Å²) in [6.07, 6.45) is 9.72. The van der Waals surface area contributed by atoms with Crippen molar-refractivity contribution in [2.75, 3.05) is 0 Å². The fourth-order valence-electron chi connectivity index (χ4n) is 7.45. The van der Waals surface area contributed by atoms with Gasteiger partial charge in [0, 0.05) is 5.41 Å². The molecule has 6 heteroatoms. The molecular weight excluding hydrogens is 456 g/mol. The number of aliphatic hydroxyl groups excluding tert-OH is 2. The van der Waals surface area contributed by atoms with Crippen molar-refractivity contribution in [3.8, 4) is 0 Å². The molecule has 0 amide bonds. The normalized spacial score (nSPS) is 41.9. The van der Waals surface area contributed by atoms with Gasteiger partial charge in [-0.05, 0) is 111 Å². The van der Waals surface area contributed by atoms with Crippen LogP contribution in [0.2, 0.25) is 0 Å². The lowest BCUT2D eigenvalue weighted by Crippen LogP contribution is -2.56. The third-order valence-electron chi connectivity index (χ3n) is 10.1. The summed E-state index contributed by atoms with van der Waals surface area (Å²) in [7, 11) is 0. The molecule has 4 N–H and O–H groups in total. The minimum Gasteiger partial charge on any atom is -0.392 e. The fraction of sp³-hybridized carbons (Fsp3) is 0.867. The van der Waals surface area contributed by atoms with Crippen LogP contribution in [0, 0.1) is 16.7 Å². The van der Waals surface area contributed by atoms with Crippen molar-refractivity contribution in [2.24, 2.45) is 16.7 Å². The number of aliphatic hydroxyl groups is 3. The molecule has 7 unspecified atom stereocenters. The topological polar surface area (TPSA) is 99.4 Å². The van der Waals surface area contributed by atoms with Crippen molar-refractivity contribution in [1.29, 1.82) is 0 Å². The van der Waals surface area contributed by atoms with Gasteiger partial charge < -0.3 is 20.1 Å². The highest BCUT2D eigenvalue weighted by atomic mass is 17.1. The summed E-state index contributed by atoms with van der Waals surface area (Å²) in [5, 5.41) is 42.7. The van der Waals surface area contributed by atoms with Crippen LogP contribution in [-0.4, -0.2) is 55.7 Å². The van der Waals surface area contributed by atoms with Gasteiger partial charge in [0.1, 0.15) is 5.60 Å². The molecule has 0 spiro atoms. The first-order valence-electron chi connectivity index (χ1n) is 13.9. The molecule has 1 aliphatic heterocycles. The zero-order valence-corrected chi connectivity index (χ0v) is 23.9. The number of rotatable bonds is 7. The minimum atomic E-state index is -0.811. The highest BCUT2D eigenvalue weighted by Crippen LogP contribution is 2.56. The number of hydrogen-bond acceptors (Lipinski definition) is 6. The molecule has 6 nitrogen and oxygen atoms in total. The van der Waals surface area contributed by atoms with E-state index in [0.717, 1.165) is 38.5 Å². The molecule has 208 valence electrons. The average molecular weight is 509 g/mol. The van der Waals surface area contributed by atoms with Crippen LogP contribution in [0.1, 0.15) is 113 Å². The van der Waals surface area contributed by atoms with Gasteiger partial charge in [0.2, 0.25) is 0 Å². The van der Waals surface area contributed by atoms with E-state index in [2.05, 4.69) is 25.7 Å². The summed E-state index contributed by atoms with van der Waals surface area (Å²) in [6, 6.07) is 0. The summed E-state index contributed by atoms with van der Waals surface area (Å²) >= 11 is 0. The number of allylic oxidation sites excluding steroid dienone is 2. The van der Waals surface area contributed by atoms with Gasteiger partial charge in [-0.15, -0.1) is 0 Å². The van der Waals surface area contributed by atoms with Gasteiger partial charge in [-0.3, -0.25) is 5.26 Å². The first-order valence-corrected chi connectivity index (χ1v) is 13.9. The number of fused-ring (bicyclic) bond motifs is 1. The molecule has 0 bridgehead atoms. The summed E-state index contributed by atoms with van der Waals surface area (Å²) in [5.41, 5.74) is -0.226. The molecule has 1 heterocycles. The lowest BCUT2D eigenvalue weighted by Gasteiger charge is -2.54. The van der Waals surface area contributed by atoms with Gasteiger partial charge in [0.05, 0.1) is 29.5 Å². The van der Waals surface area contributed by atoms with E-state index >= 15 is 0 Å². The molecule has 3 rings (SSSR count). The summed E-state index contributed by atoms with van der Waals surface area (Å²) in [6.45, 7) is 16.1. The van der Waals surface area contributed by atoms with E-state index in [0.29, 0.717) is 19.3 Å². The van der Waals surface area contributed by atoms with Crippen LogP contribution in [0.15, 0.2) is 23.3 Å². The monoisotopic (exact) mass is 508 g/mol. The van der Waals surface area contributed by atoms with Crippen LogP contribution < -0.4 is 0 Å². The summed E-state index contributed by atoms with van der Waals surface area (Å²) < 4.78 is 6.55. The molecule has 36 heavy (non-hydrogen) atoms. The van der Waals surface area contributed by atoms with E-state index < -0.39 is 34.4 Å². The van der Waals surface area contributed by atoms with Crippen molar-refractivity contribution in [1.82, 2.24) is 0 Å². The molecule has 0 aromatic rings. The quantitative estimate of drug-likeness (QED) is 0.193. The Labute approximate surface area is 218 Å². The Morgan fingerprint density at radius 2 is 1.69 bits per heavy atom. The van der Waals surface area contributed by atoms with Crippen LogP contribution in [0.25, 0.3) is 0 Å². The molecular formula is C30H52O6. The van der Waals surface area contributed by atoms with Gasteiger partial charge in [0.15, 0.2) is 0 Å². The Bertz CT molecular complexity index is 842. The van der Waals surface area contributed by atoms with E-state index in [9.17, 15) is 15.3 Å². The standard InChI is InChI=1S/C30H52O6/c1-20-10-13-24(32)28(6,17-9-16-26(2,3)36-34)21(20)11-12-22-29(7)18-14-23(31)27(4,5)35-25(29)15-19-30(22,8)33/h9,16,22-25,31-34H,10-15,17-19H2,1-8H3. The van der Waals surface area contributed by atoms with Crippen LogP contribution in [0.3, 0.4) is 0 Å². The smallest absolute Gasteiger partial charge is 0.116 e. The van der Waals surface area contributed by atoms with Crippen LogP contribution >= 0.6 is 0 Å². The van der Waals surface area contributed by atoms with Gasteiger partial charge >= 0.3 is 0 Å². The van der Waals surface area contributed by atoms with E-state index in [1.165, 1.54) is 11.1 Å². The van der Waals surface area contributed by atoms with Gasteiger partial charge in [-0.2, -0.15) is 0 Å². The zero-order chi connectivity index (χ0) is 27.2. The first-order chi connectivity index (χ1) is 16.5. The van der Waals surface area contributed by atoms with E-state index in [1.807, 2.05) is 32.9 Å². The maximum absolute atomic E-state index is 11.6. The van der Waals surface area contributed by atoms with Gasteiger partial charge in [-0.1, -0.05) is 37.1 Å². The predicted molar refractivity (Wildman–Crippen MR) is 142 cm³/mol. The SMILES string of the molecule is CC1=C(CCC2C(C)(O)CCC3OC(C)(C)C(O)CCC32C)C(C)(CC=CC(C)(C)OO)C(O)CC1. The highest BCUT2D eigenvalue weighted by molar-refractivity contribution is 5.27. The Morgan fingerprint density at radius 3 is 2.33 bits per heavy atom. The van der Waals surface area contributed by atoms with Crippen molar-refractivity contribution in [3.05, 3.63) is 23.3 Å². The maximum Gasteiger partial charge on any atom is 0.116 e. The van der Waals surface area contributed by atoms with Gasteiger partial charge in [0.25, 0.3) is 0 Å². The van der Waals surface area contributed by atoms with Crippen molar-refractivity contribution >= 4 is 0 Å². The second-order valence-electron chi connectivity index (χ2n) is 13.8. The highest BCUT2D eigenvalue weighted by Gasteiger charge is 2.56. The van der Waals surface area contributed by atoms with E-state index in [-0.39, 0.29) is 17.4 Å². The summed E-state index contributed by atoms with van der Waals surface area (Å²) in [4.78, 5) is 4.56. The number of ether oxygens (including phenoxy) is 1. The van der Waals surface area contributed by atoms with E-state index in [4.69, 9.17) is 9.99 Å². The van der Waals surface area contributed by atoms with Gasteiger partial charge in [-0.25, -0.2) is 4.89 Å². The van der Waals surface area contributed by atoms with Crippen LogP contribution in [0.5, 0.6) is 0 Å². The largest absolute Gasteiger partial charge is 0.392 e. The summed E-state index contributed by atoms with van der Waals surface area (Å²) in [5.74, 6) is 0.0192. The third-order valence-corrected chi connectivity index (χ3v) is 10.1. The van der Waals surface area contributed by atoms with Crippen molar-refractivity contribution in [3.63, 3.8) is 0 Å². The number of hydrogen-bond donors (Lipinski definition) is 4. The second-order valence-corrected chi connectivity index (χ2v) is 13.8. The lowest BCUT2D eigenvalue weighted by atomic mass is 9.55. The fourth-order valence-corrected chi connectivity index (χ4v) is 7.45. The Kier molecular flexibility index (Phi) is 8.63. The van der Waals surface area contributed by atoms with Crippen molar-refractivity contribution in [2.45, 2.75) is 148 Å². The Hall–Kier alpha value is -0.760. The zero-order valence-electron chi connectivity index (χ0n) is 23.9. The predicted octanol–water partition coefficient (Wildman–Crippen LogP) is 5.94. The van der Waals surface area contributed by atoms with Crippen molar-refractivity contribution < 1.29 is 30.2 Å². The van der Waals surface area contributed by atoms with Crippen LogP contribution in [0.4, 0.5) is 0 Å². The Balaban J connectivity index is 1.88. The minimum absolute atomic E-state index is 0.00284. The molecule has 1 saturated heterocycles. The second kappa shape index (κ2) is 10.4. The molecule has 2 fully saturated rings. The lowest BCUT2D eigenvalue weighted by molar-refractivity contribution is -0.297. The molecule has 1 saturated carbocycles. The molecule has 0 aromatic heterocycles. The van der Waals surface area contributed by atoms with E-state index in [1.54, 1.807) is 13.8 Å². The average Bonchev–Trinajstić information content (AvgIpc) is 2.87. The third kappa shape index (κ3) is 5.79. The maximum atomic E-state index is 11.6. The first kappa shape index (κ1) is 29.8. The molecule has 7 atom stereocenters. The molecule has 0 aromatic carbocycles.